The summed E-state index contributed by atoms with van der Waals surface area (Å²) in [6, 6.07) is 32.5. The molecular weight excluding hydrogens is 869 g/mol. The smallest absolute Gasteiger partial charge is 0.315 e. The lowest BCUT2D eigenvalue weighted by atomic mass is 10.0. The summed E-state index contributed by atoms with van der Waals surface area (Å²) in [5.41, 5.74) is 6.95. The SMILES string of the molecule is C[C@@H](O)CN(Cc1ncc(-c2ccc(-c3ccc(-c4cnc([C@@H]5CCCN5C(=O)[C@H](NC(=O)NC5CCCC5)c5ccccc5)[nH]4)cc3)cc2)[nH]1)C(=O)[C@H](NC(=O)NC1CCCC1)c1ccccc1. The number of amides is 6. The number of nitrogens with one attached hydrogen (secondary N) is 6. The third kappa shape index (κ3) is 11.5. The highest BCUT2D eigenvalue weighted by Gasteiger charge is 2.37. The first-order valence-corrected chi connectivity index (χ1v) is 24.5. The third-order valence-electron chi connectivity index (χ3n) is 13.6. The molecule has 4 aromatic carbocycles. The van der Waals surface area contributed by atoms with Crippen LogP contribution in [-0.2, 0) is 16.1 Å². The summed E-state index contributed by atoms with van der Waals surface area (Å²) in [5, 5.41) is 22.5. The first-order valence-electron chi connectivity index (χ1n) is 24.5. The molecule has 9 rings (SSSR count). The number of aliphatic hydroxyl groups excluding tert-OH is 1. The van der Waals surface area contributed by atoms with E-state index in [0.29, 0.717) is 23.8 Å². The van der Waals surface area contributed by atoms with Crippen LogP contribution in [-0.4, -0.2) is 90.0 Å². The van der Waals surface area contributed by atoms with Crippen LogP contribution >= 0.6 is 0 Å². The molecule has 1 aliphatic heterocycles. The van der Waals surface area contributed by atoms with Crippen molar-refractivity contribution in [2.75, 3.05) is 13.1 Å². The van der Waals surface area contributed by atoms with Gasteiger partial charge in [-0.2, -0.15) is 0 Å². The van der Waals surface area contributed by atoms with Crippen LogP contribution in [0.1, 0.15) is 112 Å². The highest BCUT2D eigenvalue weighted by molar-refractivity contribution is 5.89. The van der Waals surface area contributed by atoms with Crippen LogP contribution in [0.4, 0.5) is 9.59 Å². The van der Waals surface area contributed by atoms with Gasteiger partial charge in [0.05, 0.1) is 42.5 Å². The number of rotatable bonds is 16. The Balaban J connectivity index is 0.839. The van der Waals surface area contributed by atoms with E-state index >= 15 is 0 Å². The molecule has 2 aromatic heterocycles. The third-order valence-corrected chi connectivity index (χ3v) is 13.6. The lowest BCUT2D eigenvalue weighted by Gasteiger charge is -2.29. The van der Waals surface area contributed by atoms with Crippen molar-refractivity contribution in [2.24, 2.45) is 0 Å². The van der Waals surface area contributed by atoms with Crippen LogP contribution in [0.15, 0.2) is 122 Å². The Morgan fingerprint density at radius 3 is 1.68 bits per heavy atom. The molecular formula is C54H62N10O5. The molecule has 0 unspecified atom stereocenters. The number of imidazole rings is 2. The number of aliphatic hydroxyl groups is 1. The topological polar surface area (TPSA) is 200 Å². The minimum atomic E-state index is -0.954. The van der Waals surface area contributed by atoms with Crippen LogP contribution in [0.3, 0.4) is 0 Å². The fraction of sp³-hybridized carbons (Fsp3) is 0.370. The largest absolute Gasteiger partial charge is 0.392 e. The number of likely N-dealkylation sites (tertiary alicyclic amines) is 1. The van der Waals surface area contributed by atoms with Crippen LogP contribution in [0.2, 0.25) is 0 Å². The first-order chi connectivity index (χ1) is 33.6. The van der Waals surface area contributed by atoms with Crippen LogP contribution in [0, 0.1) is 0 Å². The first kappa shape index (κ1) is 46.8. The number of carbonyl (C=O) groups is 4. The molecule has 358 valence electrons. The van der Waals surface area contributed by atoms with Crippen molar-refractivity contribution in [1.29, 1.82) is 0 Å². The Kier molecular flexibility index (Phi) is 14.8. The number of H-pyrrole nitrogens is 2. The van der Waals surface area contributed by atoms with Gasteiger partial charge in [-0.05, 0) is 78.8 Å². The van der Waals surface area contributed by atoms with E-state index < -0.39 is 18.2 Å². The van der Waals surface area contributed by atoms with E-state index in [9.17, 15) is 24.3 Å². The molecule has 2 saturated carbocycles. The van der Waals surface area contributed by atoms with E-state index in [1.165, 1.54) is 4.90 Å². The second kappa shape index (κ2) is 21.8. The highest BCUT2D eigenvalue weighted by Crippen LogP contribution is 2.35. The quantitative estimate of drug-likeness (QED) is 0.0505. The molecule has 3 aliphatic rings. The second-order valence-corrected chi connectivity index (χ2v) is 18.7. The van der Waals surface area contributed by atoms with Gasteiger partial charge in [0.2, 0.25) is 11.8 Å². The van der Waals surface area contributed by atoms with Gasteiger partial charge in [-0.3, -0.25) is 9.59 Å². The Hall–Kier alpha value is -7.26. The van der Waals surface area contributed by atoms with Gasteiger partial charge in [0.1, 0.15) is 23.7 Å². The predicted octanol–water partition coefficient (Wildman–Crippen LogP) is 8.47. The van der Waals surface area contributed by atoms with Crippen LogP contribution in [0.5, 0.6) is 0 Å². The van der Waals surface area contributed by atoms with Crippen molar-refractivity contribution in [3.8, 4) is 33.6 Å². The normalized spacial score (nSPS) is 17.5. The Morgan fingerprint density at radius 1 is 0.638 bits per heavy atom. The standard InChI is InChI=1S/C54H62N10O5/c1-35(65)33-63(51(66)48(40-13-4-2-5-14-40)61-53(68)57-42-17-8-9-18-42)34-47-55-31-44(59-47)38-26-22-36(23-27-38)37-24-28-39(29-25-37)45-32-56-50(60-45)46-21-12-30-64(46)52(67)49(41-15-6-3-7-16-41)62-54(69)58-43-19-10-11-20-43/h2-7,13-16,22-29,31-32,35,42-43,46,48-49,65H,8-12,17-21,30,33-34H2,1H3,(H,55,59)(H,56,60)(H2,57,61,68)(H2,58,62,69)/t35-,46+,48-,49-/m1/s1. The number of aromatic amines is 2. The average molecular weight is 931 g/mol. The van der Waals surface area contributed by atoms with Crippen LogP contribution in [0.25, 0.3) is 33.6 Å². The zero-order chi connectivity index (χ0) is 47.7. The van der Waals surface area contributed by atoms with Crippen molar-refractivity contribution in [3.05, 3.63) is 144 Å². The number of hydrogen-bond acceptors (Lipinski definition) is 7. The van der Waals surface area contributed by atoms with E-state index in [1.54, 1.807) is 13.1 Å². The maximum absolute atomic E-state index is 14.3. The zero-order valence-corrected chi connectivity index (χ0v) is 39.1. The zero-order valence-electron chi connectivity index (χ0n) is 39.1. The number of benzene rings is 4. The highest BCUT2D eigenvalue weighted by atomic mass is 16.3. The molecule has 0 radical (unpaired) electrons. The van der Waals surface area contributed by atoms with Crippen molar-refractivity contribution in [2.45, 2.75) is 114 Å². The number of aromatic nitrogens is 4. The summed E-state index contributed by atoms with van der Waals surface area (Å²) in [6.45, 7) is 2.36. The lowest BCUT2D eigenvalue weighted by Crippen LogP contribution is -2.49. The molecule has 69 heavy (non-hydrogen) atoms. The molecule has 3 heterocycles. The Morgan fingerprint density at radius 2 is 1.13 bits per heavy atom. The van der Waals surface area contributed by atoms with Gasteiger partial charge < -0.3 is 46.1 Å². The van der Waals surface area contributed by atoms with Gasteiger partial charge in [0, 0.05) is 25.2 Å². The second-order valence-electron chi connectivity index (χ2n) is 18.7. The van der Waals surface area contributed by atoms with E-state index in [4.69, 9.17) is 4.98 Å². The molecule has 3 fully saturated rings. The minimum absolute atomic E-state index is 0.0509. The molecule has 15 heteroatoms. The summed E-state index contributed by atoms with van der Waals surface area (Å²) < 4.78 is 0. The monoisotopic (exact) mass is 930 g/mol. The molecule has 0 bridgehead atoms. The van der Waals surface area contributed by atoms with E-state index in [0.717, 1.165) is 103 Å². The summed E-state index contributed by atoms with van der Waals surface area (Å²) in [7, 11) is 0. The average Bonchev–Trinajstić information content (AvgIpc) is 4.24. The molecule has 7 N–H and O–H groups in total. The van der Waals surface area contributed by atoms with E-state index in [2.05, 4.69) is 72.6 Å². The molecule has 15 nitrogen and oxygen atoms in total. The van der Waals surface area contributed by atoms with Gasteiger partial charge in [0.25, 0.3) is 0 Å². The minimum Gasteiger partial charge on any atom is -0.392 e. The van der Waals surface area contributed by atoms with Crippen molar-refractivity contribution >= 4 is 23.9 Å². The van der Waals surface area contributed by atoms with Crippen molar-refractivity contribution in [3.63, 3.8) is 0 Å². The summed E-state index contributed by atoms with van der Waals surface area (Å²) >= 11 is 0. The maximum atomic E-state index is 14.3. The molecule has 6 amide bonds. The molecule has 1 saturated heterocycles. The van der Waals surface area contributed by atoms with Gasteiger partial charge in [0.15, 0.2) is 0 Å². The van der Waals surface area contributed by atoms with Gasteiger partial charge in [-0.25, -0.2) is 19.6 Å². The number of nitrogens with zero attached hydrogens (tertiary/aromatic N) is 4. The molecule has 2 aliphatic carbocycles. The van der Waals surface area contributed by atoms with Crippen LogP contribution < -0.4 is 21.3 Å². The fourth-order valence-corrected chi connectivity index (χ4v) is 10.0. The Labute approximate surface area is 402 Å². The molecule has 0 spiro atoms. The Bertz CT molecular complexity index is 2660. The summed E-state index contributed by atoms with van der Waals surface area (Å²) in [5.74, 6) is 0.761. The molecule has 6 aromatic rings. The maximum Gasteiger partial charge on any atom is 0.315 e. The van der Waals surface area contributed by atoms with Gasteiger partial charge in [-0.15, -0.1) is 0 Å². The summed E-state index contributed by atoms with van der Waals surface area (Å²) in [4.78, 5) is 74.4. The van der Waals surface area contributed by atoms with Crippen molar-refractivity contribution in [1.82, 2.24) is 51.0 Å². The van der Waals surface area contributed by atoms with Gasteiger partial charge in [-0.1, -0.05) is 135 Å². The van der Waals surface area contributed by atoms with E-state index in [1.807, 2.05) is 83.9 Å². The lowest BCUT2D eigenvalue weighted by molar-refractivity contribution is -0.135. The fourth-order valence-electron chi connectivity index (χ4n) is 10.0. The summed E-state index contributed by atoms with van der Waals surface area (Å²) in [6.07, 6.45) is 12.4. The number of urea groups is 2. The predicted molar refractivity (Wildman–Crippen MR) is 264 cm³/mol. The van der Waals surface area contributed by atoms with Gasteiger partial charge >= 0.3 is 12.1 Å². The molecule has 4 atom stereocenters. The number of carbonyl (C=O) groups excluding carboxylic acids is 4. The van der Waals surface area contributed by atoms with Crippen molar-refractivity contribution < 1.29 is 24.3 Å². The number of hydrogen-bond donors (Lipinski definition) is 7. The van der Waals surface area contributed by atoms with E-state index in [-0.39, 0.29) is 55.1 Å².